The fourth-order valence-corrected chi connectivity index (χ4v) is 1.34. The summed E-state index contributed by atoms with van der Waals surface area (Å²) in [5.74, 6) is 0.903. The van der Waals surface area contributed by atoms with Crippen LogP contribution >= 0.6 is 0 Å². The van der Waals surface area contributed by atoms with Gasteiger partial charge >= 0.3 is 0 Å². The van der Waals surface area contributed by atoms with E-state index in [1.807, 2.05) is 6.07 Å². The Morgan fingerprint density at radius 1 is 1.56 bits per heavy atom. The minimum atomic E-state index is 0.0827. The second kappa shape index (κ2) is 4.79. The van der Waals surface area contributed by atoms with Crippen LogP contribution in [0.3, 0.4) is 0 Å². The molecule has 0 aromatic carbocycles. The second-order valence-corrected chi connectivity index (χ2v) is 3.87. The molecule has 2 rings (SSSR count). The molecule has 1 aromatic heterocycles. The van der Waals surface area contributed by atoms with Crippen LogP contribution in [0.5, 0.6) is 0 Å². The topological polar surface area (TPSA) is 54.0 Å². The highest BCUT2D eigenvalue weighted by Crippen LogP contribution is 2.29. The molecule has 0 radical (unpaired) electrons. The number of anilines is 2. The summed E-state index contributed by atoms with van der Waals surface area (Å²) in [6.07, 6.45) is 5.49. The van der Waals surface area contributed by atoms with Gasteiger partial charge in [0.05, 0.1) is 11.9 Å². The number of aromatic nitrogens is 1. The van der Waals surface area contributed by atoms with Crippen molar-refractivity contribution in [2.45, 2.75) is 12.8 Å². The summed E-state index contributed by atoms with van der Waals surface area (Å²) in [6.45, 7) is 4.32. The Morgan fingerprint density at radius 2 is 2.38 bits per heavy atom. The zero-order chi connectivity index (χ0) is 11.4. The standard InChI is InChI=1S/C12H15N3O/c1-2-7-13-10-5-6-11(14-8-10)15-12(16)9-3-4-9/h2,5-6,8-9,13H,1,3-4,7H2,(H,14,15,16). The lowest BCUT2D eigenvalue weighted by atomic mass is 10.3. The van der Waals surface area contributed by atoms with E-state index in [-0.39, 0.29) is 11.8 Å². The van der Waals surface area contributed by atoms with Gasteiger partial charge in [-0.15, -0.1) is 6.58 Å². The summed E-state index contributed by atoms with van der Waals surface area (Å²) < 4.78 is 0. The highest BCUT2D eigenvalue weighted by molar-refractivity contribution is 5.93. The van der Waals surface area contributed by atoms with Crippen LogP contribution in [0, 0.1) is 5.92 Å². The van der Waals surface area contributed by atoms with Crippen molar-refractivity contribution in [1.29, 1.82) is 0 Å². The van der Waals surface area contributed by atoms with Gasteiger partial charge in [0.25, 0.3) is 0 Å². The van der Waals surface area contributed by atoms with Crippen LogP contribution in [-0.2, 0) is 4.79 Å². The zero-order valence-corrected chi connectivity index (χ0v) is 9.07. The lowest BCUT2D eigenvalue weighted by Crippen LogP contribution is -2.14. The zero-order valence-electron chi connectivity index (χ0n) is 9.07. The maximum atomic E-state index is 11.5. The van der Waals surface area contributed by atoms with Crippen LogP contribution in [0.15, 0.2) is 31.0 Å². The third kappa shape index (κ3) is 2.82. The predicted octanol–water partition coefficient (Wildman–Crippen LogP) is 2.03. The number of amides is 1. The molecular weight excluding hydrogens is 202 g/mol. The Balaban J connectivity index is 1.90. The van der Waals surface area contributed by atoms with Gasteiger partial charge in [-0.25, -0.2) is 4.98 Å². The molecular formula is C12H15N3O. The molecule has 0 saturated heterocycles. The van der Waals surface area contributed by atoms with Crippen LogP contribution < -0.4 is 10.6 Å². The summed E-state index contributed by atoms with van der Waals surface area (Å²) in [4.78, 5) is 15.6. The van der Waals surface area contributed by atoms with Crippen molar-refractivity contribution >= 4 is 17.4 Å². The normalized spacial score (nSPS) is 14.2. The minimum absolute atomic E-state index is 0.0827. The van der Waals surface area contributed by atoms with Gasteiger partial charge in [0, 0.05) is 12.5 Å². The minimum Gasteiger partial charge on any atom is -0.380 e. The molecule has 1 aliphatic rings. The molecule has 0 atom stereocenters. The summed E-state index contributed by atoms with van der Waals surface area (Å²) >= 11 is 0. The predicted molar refractivity (Wildman–Crippen MR) is 64.3 cm³/mol. The number of rotatable bonds is 5. The summed E-state index contributed by atoms with van der Waals surface area (Å²) in [6, 6.07) is 3.69. The summed E-state index contributed by atoms with van der Waals surface area (Å²) in [5, 5.41) is 5.91. The van der Waals surface area contributed by atoms with E-state index in [9.17, 15) is 4.79 Å². The van der Waals surface area contributed by atoms with E-state index in [0.717, 1.165) is 18.5 Å². The quantitative estimate of drug-likeness (QED) is 0.742. The number of carbonyl (C=O) groups is 1. The molecule has 84 valence electrons. The number of carbonyl (C=O) groups excluding carboxylic acids is 1. The summed E-state index contributed by atoms with van der Waals surface area (Å²) in [7, 11) is 0. The first kappa shape index (κ1) is 10.7. The van der Waals surface area contributed by atoms with Gasteiger partial charge in [-0.1, -0.05) is 6.08 Å². The highest BCUT2D eigenvalue weighted by Gasteiger charge is 2.29. The van der Waals surface area contributed by atoms with Crippen molar-refractivity contribution in [1.82, 2.24) is 4.98 Å². The molecule has 1 heterocycles. The molecule has 1 aliphatic carbocycles. The summed E-state index contributed by atoms with van der Waals surface area (Å²) in [5.41, 5.74) is 0.921. The Morgan fingerprint density at radius 3 is 2.94 bits per heavy atom. The van der Waals surface area contributed by atoms with Gasteiger partial charge in [-0.05, 0) is 25.0 Å². The van der Waals surface area contributed by atoms with E-state index >= 15 is 0 Å². The Kier molecular flexibility index (Phi) is 3.19. The molecule has 1 fully saturated rings. The van der Waals surface area contributed by atoms with Gasteiger partial charge in [0.2, 0.25) is 5.91 Å². The Bertz CT molecular complexity index is 382. The molecule has 1 amide bonds. The molecule has 2 N–H and O–H groups in total. The number of nitrogens with one attached hydrogen (secondary N) is 2. The SMILES string of the molecule is C=CCNc1ccc(NC(=O)C2CC2)nc1. The van der Waals surface area contributed by atoms with E-state index < -0.39 is 0 Å². The van der Waals surface area contributed by atoms with Gasteiger partial charge in [-0.3, -0.25) is 4.79 Å². The maximum absolute atomic E-state index is 11.5. The van der Waals surface area contributed by atoms with E-state index in [4.69, 9.17) is 0 Å². The van der Waals surface area contributed by atoms with Crippen LogP contribution in [0.4, 0.5) is 11.5 Å². The lowest BCUT2D eigenvalue weighted by molar-refractivity contribution is -0.117. The van der Waals surface area contributed by atoms with Gasteiger partial charge in [0.1, 0.15) is 5.82 Å². The smallest absolute Gasteiger partial charge is 0.228 e. The largest absolute Gasteiger partial charge is 0.380 e. The van der Waals surface area contributed by atoms with Gasteiger partial charge in [0.15, 0.2) is 0 Å². The van der Waals surface area contributed by atoms with Crippen LogP contribution in [0.25, 0.3) is 0 Å². The highest BCUT2D eigenvalue weighted by atomic mass is 16.2. The Hall–Kier alpha value is -1.84. The van der Waals surface area contributed by atoms with Crippen LogP contribution in [-0.4, -0.2) is 17.4 Å². The molecule has 0 spiro atoms. The van der Waals surface area contributed by atoms with Crippen molar-refractivity contribution in [2.24, 2.45) is 5.92 Å². The van der Waals surface area contributed by atoms with E-state index in [1.165, 1.54) is 0 Å². The molecule has 1 aromatic rings. The molecule has 0 unspecified atom stereocenters. The number of pyridine rings is 1. The van der Waals surface area contributed by atoms with Crippen molar-refractivity contribution in [3.8, 4) is 0 Å². The molecule has 0 aliphatic heterocycles. The van der Waals surface area contributed by atoms with Crippen molar-refractivity contribution < 1.29 is 4.79 Å². The third-order valence-electron chi connectivity index (χ3n) is 2.41. The first-order valence-electron chi connectivity index (χ1n) is 5.41. The average Bonchev–Trinajstić information content (AvgIpc) is 3.12. The molecule has 4 nitrogen and oxygen atoms in total. The maximum Gasteiger partial charge on any atom is 0.228 e. The van der Waals surface area contributed by atoms with E-state index in [2.05, 4.69) is 22.2 Å². The number of hydrogen-bond donors (Lipinski definition) is 2. The number of hydrogen-bond acceptors (Lipinski definition) is 3. The van der Waals surface area contributed by atoms with Gasteiger partial charge < -0.3 is 10.6 Å². The number of nitrogens with zero attached hydrogens (tertiary/aromatic N) is 1. The van der Waals surface area contributed by atoms with Gasteiger partial charge in [-0.2, -0.15) is 0 Å². The molecule has 1 saturated carbocycles. The molecule has 4 heteroatoms. The molecule has 0 bridgehead atoms. The van der Waals surface area contributed by atoms with E-state index in [0.29, 0.717) is 12.4 Å². The first-order valence-corrected chi connectivity index (χ1v) is 5.41. The van der Waals surface area contributed by atoms with Crippen molar-refractivity contribution in [2.75, 3.05) is 17.2 Å². The monoisotopic (exact) mass is 217 g/mol. The van der Waals surface area contributed by atoms with Crippen LogP contribution in [0.1, 0.15) is 12.8 Å². The fraction of sp³-hybridized carbons (Fsp3) is 0.333. The molecule has 16 heavy (non-hydrogen) atoms. The average molecular weight is 217 g/mol. The van der Waals surface area contributed by atoms with E-state index in [1.54, 1.807) is 18.3 Å². The first-order chi connectivity index (χ1) is 7.79. The second-order valence-electron chi connectivity index (χ2n) is 3.87. The lowest BCUT2D eigenvalue weighted by Gasteiger charge is -2.05. The van der Waals surface area contributed by atoms with Crippen molar-refractivity contribution in [3.63, 3.8) is 0 Å². The Labute approximate surface area is 94.8 Å². The van der Waals surface area contributed by atoms with Crippen molar-refractivity contribution in [3.05, 3.63) is 31.0 Å². The third-order valence-corrected chi connectivity index (χ3v) is 2.41. The van der Waals surface area contributed by atoms with Crippen LogP contribution in [0.2, 0.25) is 0 Å². The fourth-order valence-electron chi connectivity index (χ4n) is 1.34.